The molecule has 4 atom stereocenters. The third-order valence-corrected chi connectivity index (χ3v) is 15.9. The van der Waals surface area contributed by atoms with Crippen LogP contribution >= 0.6 is 11.6 Å². The number of amides is 2. The Bertz CT molecular complexity index is 1900. The van der Waals surface area contributed by atoms with Gasteiger partial charge in [-0.05, 0) is 72.8 Å². The maximum Gasteiger partial charge on any atom is 0.264 e. The largest absolute Gasteiger partial charge is 0.497 e. The smallest absolute Gasteiger partial charge is 0.264 e. The van der Waals surface area contributed by atoms with Crippen molar-refractivity contribution in [1.82, 2.24) is 15.0 Å². The molecular weight excluding hydrogens is 682 g/mol. The second-order valence-electron chi connectivity index (χ2n) is 14.6. The molecule has 0 unspecified atom stereocenters. The maximum absolute atomic E-state index is 15.1. The van der Waals surface area contributed by atoms with Crippen molar-refractivity contribution in [2.24, 2.45) is 5.92 Å². The van der Waals surface area contributed by atoms with Crippen LogP contribution < -0.4 is 19.7 Å². The summed E-state index contributed by atoms with van der Waals surface area (Å²) in [6.45, 7) is 8.57. The first-order valence-corrected chi connectivity index (χ1v) is 21.4. The number of nitrogens with zero attached hydrogens (tertiary/aromatic N) is 5. The van der Waals surface area contributed by atoms with Gasteiger partial charge in [0, 0.05) is 60.9 Å². The molecule has 268 valence electrons. The third kappa shape index (κ3) is 6.39. The number of methoxy groups -OCH3 is 1. The standard InChI is InChI=1S/C39H46ClN5O5Si/c1-26-37(51(3,4)32-15-13-31(49-2)14-16-32)35(18-21-43-25-29(19-22-46)41-42-43)50-39(26)33-23-28(40)10-17-34(33)45(38(39)48)24-27-8-11-30(12-9-27)44-20-6-5-7-36(44)47/h8-17,23,25-26,35,37,46H,5-7,18-22,24H2,1-4H3/t26-,35+,37-,39+/m1/s1. The number of ether oxygens (including phenoxy) is 2. The number of halogens is 1. The molecular formula is C39H46ClN5O5Si. The van der Waals surface area contributed by atoms with E-state index in [0.717, 1.165) is 53.3 Å². The van der Waals surface area contributed by atoms with E-state index in [9.17, 15) is 9.90 Å². The van der Waals surface area contributed by atoms with E-state index in [-0.39, 0.29) is 36.0 Å². The van der Waals surface area contributed by atoms with E-state index in [1.807, 2.05) is 70.6 Å². The van der Waals surface area contributed by atoms with Crippen LogP contribution in [0.1, 0.15) is 49.4 Å². The van der Waals surface area contributed by atoms with Crippen LogP contribution in [0, 0.1) is 5.92 Å². The molecule has 12 heteroatoms. The second kappa shape index (κ2) is 14.2. The molecule has 4 heterocycles. The van der Waals surface area contributed by atoms with Crippen molar-refractivity contribution in [3.8, 4) is 5.75 Å². The highest BCUT2D eigenvalue weighted by Crippen LogP contribution is 2.60. The number of hydrogen-bond acceptors (Lipinski definition) is 7. The van der Waals surface area contributed by atoms with E-state index in [1.54, 1.807) is 11.8 Å². The van der Waals surface area contributed by atoms with E-state index in [0.29, 0.717) is 37.4 Å². The van der Waals surface area contributed by atoms with Crippen molar-refractivity contribution >= 4 is 48.1 Å². The van der Waals surface area contributed by atoms with E-state index in [1.165, 1.54) is 5.19 Å². The second-order valence-corrected chi connectivity index (χ2v) is 19.7. The average molecular weight is 728 g/mol. The van der Waals surface area contributed by atoms with Gasteiger partial charge >= 0.3 is 0 Å². The zero-order valence-corrected chi connectivity index (χ0v) is 31.5. The van der Waals surface area contributed by atoms with Crippen molar-refractivity contribution in [3.05, 3.63) is 94.8 Å². The van der Waals surface area contributed by atoms with Gasteiger partial charge in [0.15, 0.2) is 5.60 Å². The summed E-state index contributed by atoms with van der Waals surface area (Å²) >= 11 is 6.69. The van der Waals surface area contributed by atoms with E-state index in [4.69, 9.17) is 21.1 Å². The van der Waals surface area contributed by atoms with Gasteiger partial charge in [0.05, 0.1) is 39.2 Å². The fourth-order valence-corrected chi connectivity index (χ4v) is 12.9. The normalized spacial score (nSPS) is 23.4. The number of anilines is 2. The molecule has 3 aromatic carbocycles. The van der Waals surface area contributed by atoms with Crippen molar-refractivity contribution in [1.29, 1.82) is 0 Å². The van der Waals surface area contributed by atoms with Gasteiger partial charge in [-0.3, -0.25) is 14.3 Å². The minimum Gasteiger partial charge on any atom is -0.497 e. The van der Waals surface area contributed by atoms with Gasteiger partial charge < -0.3 is 24.4 Å². The maximum atomic E-state index is 15.1. The third-order valence-electron chi connectivity index (χ3n) is 11.3. The van der Waals surface area contributed by atoms with Crippen LogP contribution in [0.5, 0.6) is 5.75 Å². The molecule has 0 saturated carbocycles. The van der Waals surface area contributed by atoms with Crippen LogP contribution in [0.15, 0.2) is 72.9 Å². The summed E-state index contributed by atoms with van der Waals surface area (Å²) in [6, 6.07) is 22.0. The predicted octanol–water partition coefficient (Wildman–Crippen LogP) is 5.84. The fourth-order valence-electron chi connectivity index (χ4n) is 8.69. The monoisotopic (exact) mass is 727 g/mol. The SMILES string of the molecule is COc1ccc([Si](C)(C)[C@H]2[C@H](CCn3cc(CCO)nn3)O[C@@]3(C(=O)N(Cc4ccc(N5CCCCC5=O)cc4)c4ccc(Cl)cc43)[C@@H]2C)cc1. The number of benzene rings is 3. The Morgan fingerprint density at radius 1 is 1.06 bits per heavy atom. The Hall–Kier alpha value is -4.03. The lowest BCUT2D eigenvalue weighted by Gasteiger charge is -2.37. The summed E-state index contributed by atoms with van der Waals surface area (Å²) in [5.41, 5.74) is 3.03. The average Bonchev–Trinajstić information content (AvgIpc) is 3.78. The highest BCUT2D eigenvalue weighted by molar-refractivity contribution is 6.91. The van der Waals surface area contributed by atoms with Crippen LogP contribution in [-0.4, -0.2) is 66.4 Å². The summed E-state index contributed by atoms with van der Waals surface area (Å²) in [5, 5.41) is 19.7. The first-order chi connectivity index (χ1) is 24.6. The molecule has 3 aliphatic rings. The molecule has 2 saturated heterocycles. The molecule has 0 bridgehead atoms. The molecule has 0 radical (unpaired) electrons. The Kier molecular flexibility index (Phi) is 9.83. The molecule has 2 amide bonds. The Balaban J connectivity index is 1.24. The number of carbonyl (C=O) groups is 2. The lowest BCUT2D eigenvalue weighted by atomic mass is 9.82. The van der Waals surface area contributed by atoms with Crippen molar-refractivity contribution in [3.63, 3.8) is 0 Å². The van der Waals surface area contributed by atoms with E-state index in [2.05, 4.69) is 42.5 Å². The quantitative estimate of drug-likeness (QED) is 0.193. The number of carbonyl (C=O) groups excluding carboxylic acids is 2. The number of rotatable bonds is 11. The van der Waals surface area contributed by atoms with Crippen LogP contribution in [0.25, 0.3) is 0 Å². The Labute approximate surface area is 305 Å². The molecule has 1 spiro atoms. The van der Waals surface area contributed by atoms with Crippen molar-refractivity contribution in [2.75, 3.05) is 30.1 Å². The number of hydrogen-bond donors (Lipinski definition) is 1. The highest BCUT2D eigenvalue weighted by Gasteiger charge is 2.66. The van der Waals surface area contributed by atoms with Gasteiger partial charge in [0.1, 0.15) is 5.75 Å². The summed E-state index contributed by atoms with van der Waals surface area (Å²) in [5.74, 6) is 0.705. The number of aliphatic hydroxyl groups is 1. The number of piperidine rings is 1. The van der Waals surface area contributed by atoms with Crippen molar-refractivity contribution < 1.29 is 24.2 Å². The van der Waals surface area contributed by atoms with Crippen LogP contribution in [0.4, 0.5) is 11.4 Å². The Morgan fingerprint density at radius 2 is 1.82 bits per heavy atom. The van der Waals surface area contributed by atoms with Gasteiger partial charge in [-0.2, -0.15) is 0 Å². The van der Waals surface area contributed by atoms with Gasteiger partial charge in [0.2, 0.25) is 5.91 Å². The van der Waals surface area contributed by atoms with Gasteiger partial charge in [0.25, 0.3) is 5.91 Å². The fraction of sp³-hybridized carbons (Fsp3) is 0.436. The molecule has 2 fully saturated rings. The number of aromatic nitrogens is 3. The molecule has 1 aromatic heterocycles. The molecule has 3 aliphatic heterocycles. The first-order valence-electron chi connectivity index (χ1n) is 17.9. The van der Waals surface area contributed by atoms with Gasteiger partial charge in [-0.25, -0.2) is 0 Å². The van der Waals surface area contributed by atoms with Gasteiger partial charge in [-0.1, -0.05) is 66.3 Å². The predicted molar refractivity (Wildman–Crippen MR) is 200 cm³/mol. The lowest BCUT2D eigenvalue weighted by Crippen LogP contribution is -2.51. The summed E-state index contributed by atoms with van der Waals surface area (Å²) < 4.78 is 14.5. The zero-order chi connectivity index (χ0) is 35.9. The minimum absolute atomic E-state index is 0.0109. The number of aryl methyl sites for hydroxylation is 1. The molecule has 51 heavy (non-hydrogen) atoms. The van der Waals surface area contributed by atoms with E-state index < -0.39 is 13.7 Å². The zero-order valence-electron chi connectivity index (χ0n) is 29.7. The summed E-state index contributed by atoms with van der Waals surface area (Å²) in [4.78, 5) is 31.4. The van der Waals surface area contributed by atoms with Crippen LogP contribution in [-0.2, 0) is 39.4 Å². The summed E-state index contributed by atoms with van der Waals surface area (Å²) in [7, 11) is -0.660. The van der Waals surface area contributed by atoms with Gasteiger partial charge in [-0.15, -0.1) is 5.10 Å². The van der Waals surface area contributed by atoms with Crippen LogP contribution in [0.3, 0.4) is 0 Å². The lowest BCUT2D eigenvalue weighted by molar-refractivity contribution is -0.146. The molecule has 4 aromatic rings. The minimum atomic E-state index is -2.33. The molecule has 1 N–H and O–H groups in total. The summed E-state index contributed by atoms with van der Waals surface area (Å²) in [6.07, 6.45) is 5.20. The molecule has 10 nitrogen and oxygen atoms in total. The molecule has 7 rings (SSSR count). The van der Waals surface area contributed by atoms with Crippen molar-refractivity contribution in [2.45, 2.75) is 82.5 Å². The topological polar surface area (TPSA) is 110 Å². The van der Waals surface area contributed by atoms with E-state index >= 15 is 4.79 Å². The number of aliphatic hydroxyl groups excluding tert-OH is 1. The number of fused-ring (bicyclic) bond motifs is 2. The highest BCUT2D eigenvalue weighted by atomic mass is 35.5. The molecule has 0 aliphatic carbocycles. The van der Waals surface area contributed by atoms with Crippen LogP contribution in [0.2, 0.25) is 23.7 Å². The first kappa shape index (κ1) is 35.4. The Morgan fingerprint density at radius 3 is 2.53 bits per heavy atom.